The van der Waals surface area contributed by atoms with Crippen LogP contribution in [0.5, 0.6) is 0 Å². The van der Waals surface area contributed by atoms with Crippen molar-refractivity contribution >= 4 is 11.5 Å². The summed E-state index contributed by atoms with van der Waals surface area (Å²) >= 11 is 0. The van der Waals surface area contributed by atoms with E-state index in [0.29, 0.717) is 11.6 Å². The van der Waals surface area contributed by atoms with Gasteiger partial charge in [0, 0.05) is 19.2 Å². The lowest BCUT2D eigenvalue weighted by molar-refractivity contribution is 0.0595. The predicted octanol–water partition coefficient (Wildman–Crippen LogP) is 0.256. The molecule has 0 aromatic carbocycles. The molecule has 1 saturated heterocycles. The van der Waals surface area contributed by atoms with E-state index >= 15 is 0 Å². The largest absolute Gasteiger partial charge is 0.381 e. The lowest BCUT2D eigenvalue weighted by Crippen LogP contribution is -2.24. The zero-order valence-electron chi connectivity index (χ0n) is 9.93. The SMILES string of the molecule is O=c1[nH]nc2cc(NCC3CCCOC3)ncn12. The van der Waals surface area contributed by atoms with Gasteiger partial charge in [-0.05, 0) is 18.8 Å². The van der Waals surface area contributed by atoms with Gasteiger partial charge in [0.15, 0.2) is 5.65 Å². The molecule has 0 bridgehead atoms. The molecule has 2 aromatic heterocycles. The van der Waals surface area contributed by atoms with Crippen LogP contribution in [0.4, 0.5) is 5.82 Å². The minimum atomic E-state index is -0.273. The van der Waals surface area contributed by atoms with Crippen molar-refractivity contribution in [1.29, 1.82) is 0 Å². The quantitative estimate of drug-likeness (QED) is 0.815. The van der Waals surface area contributed by atoms with E-state index in [1.165, 1.54) is 17.1 Å². The number of hydrogen-bond donors (Lipinski definition) is 2. The molecule has 18 heavy (non-hydrogen) atoms. The smallest absolute Gasteiger partial charge is 0.348 e. The maximum atomic E-state index is 11.3. The van der Waals surface area contributed by atoms with E-state index in [1.807, 2.05) is 0 Å². The molecule has 0 spiro atoms. The lowest BCUT2D eigenvalue weighted by Gasteiger charge is -2.22. The molecule has 2 aromatic rings. The maximum absolute atomic E-state index is 11.3. The third-order valence-electron chi connectivity index (χ3n) is 3.14. The highest BCUT2D eigenvalue weighted by atomic mass is 16.5. The average Bonchev–Trinajstić information content (AvgIpc) is 2.79. The molecule has 0 aliphatic carbocycles. The van der Waals surface area contributed by atoms with Crippen molar-refractivity contribution in [3.8, 4) is 0 Å². The molecule has 0 saturated carbocycles. The van der Waals surface area contributed by atoms with Gasteiger partial charge < -0.3 is 10.1 Å². The van der Waals surface area contributed by atoms with Crippen molar-refractivity contribution in [2.75, 3.05) is 25.1 Å². The fraction of sp³-hybridized carbons (Fsp3) is 0.545. The first-order valence-corrected chi connectivity index (χ1v) is 6.07. The molecule has 1 unspecified atom stereocenters. The van der Waals surface area contributed by atoms with Crippen molar-refractivity contribution in [3.63, 3.8) is 0 Å². The lowest BCUT2D eigenvalue weighted by atomic mass is 10.0. The summed E-state index contributed by atoms with van der Waals surface area (Å²) in [6.45, 7) is 2.51. The zero-order valence-corrected chi connectivity index (χ0v) is 9.93. The Hall–Kier alpha value is -1.89. The fourth-order valence-corrected chi connectivity index (χ4v) is 2.12. The first-order valence-electron chi connectivity index (χ1n) is 6.07. The maximum Gasteiger partial charge on any atom is 0.348 e. The van der Waals surface area contributed by atoms with Crippen molar-refractivity contribution < 1.29 is 4.74 Å². The minimum Gasteiger partial charge on any atom is -0.381 e. The second-order valence-electron chi connectivity index (χ2n) is 4.50. The highest BCUT2D eigenvalue weighted by Gasteiger charge is 2.13. The Morgan fingerprint density at radius 2 is 2.56 bits per heavy atom. The molecule has 1 fully saturated rings. The molecule has 3 rings (SSSR count). The first-order chi connectivity index (χ1) is 8.83. The zero-order chi connectivity index (χ0) is 12.4. The molecular formula is C11H15N5O2. The summed E-state index contributed by atoms with van der Waals surface area (Å²) in [5.74, 6) is 1.25. The Bertz CT molecular complexity index is 584. The van der Waals surface area contributed by atoms with E-state index in [-0.39, 0.29) is 5.69 Å². The van der Waals surface area contributed by atoms with E-state index in [2.05, 4.69) is 20.5 Å². The summed E-state index contributed by atoms with van der Waals surface area (Å²) in [5.41, 5.74) is 0.294. The standard InChI is InChI=1S/C11H15N5O2/c17-11-15-14-10-4-9(13-7-16(10)11)12-5-8-2-1-3-18-6-8/h4,7-8,12H,1-3,5-6H2,(H,15,17). The van der Waals surface area contributed by atoms with E-state index in [9.17, 15) is 4.79 Å². The normalized spacial score (nSPS) is 20.1. The molecule has 1 aliphatic rings. The van der Waals surface area contributed by atoms with Gasteiger partial charge in [0.25, 0.3) is 0 Å². The second-order valence-corrected chi connectivity index (χ2v) is 4.50. The molecule has 3 heterocycles. The number of rotatable bonds is 3. The summed E-state index contributed by atoms with van der Waals surface area (Å²) in [5, 5.41) is 9.53. The molecule has 0 amide bonds. The van der Waals surface area contributed by atoms with Crippen LogP contribution in [0.1, 0.15) is 12.8 Å². The van der Waals surface area contributed by atoms with Crippen LogP contribution in [-0.4, -0.2) is 39.3 Å². The fourth-order valence-electron chi connectivity index (χ4n) is 2.12. The Balaban J connectivity index is 1.68. The Kier molecular flexibility index (Phi) is 2.97. The second kappa shape index (κ2) is 4.77. The van der Waals surface area contributed by atoms with Gasteiger partial charge in [0.1, 0.15) is 12.1 Å². The van der Waals surface area contributed by atoms with Crippen LogP contribution in [0.25, 0.3) is 5.65 Å². The summed E-state index contributed by atoms with van der Waals surface area (Å²) in [4.78, 5) is 15.4. The van der Waals surface area contributed by atoms with Gasteiger partial charge in [-0.1, -0.05) is 0 Å². The van der Waals surface area contributed by atoms with Gasteiger partial charge in [-0.3, -0.25) is 0 Å². The number of anilines is 1. The van der Waals surface area contributed by atoms with Crippen LogP contribution < -0.4 is 11.0 Å². The van der Waals surface area contributed by atoms with Crippen molar-refractivity contribution in [2.24, 2.45) is 5.92 Å². The van der Waals surface area contributed by atoms with Crippen molar-refractivity contribution in [1.82, 2.24) is 19.6 Å². The van der Waals surface area contributed by atoms with E-state index in [0.717, 1.165) is 32.0 Å². The van der Waals surface area contributed by atoms with Crippen LogP contribution in [0.3, 0.4) is 0 Å². The average molecular weight is 249 g/mol. The molecule has 7 heteroatoms. The highest BCUT2D eigenvalue weighted by Crippen LogP contribution is 2.14. The van der Waals surface area contributed by atoms with Gasteiger partial charge in [-0.2, -0.15) is 5.10 Å². The molecule has 1 atom stereocenters. The number of nitrogens with one attached hydrogen (secondary N) is 2. The van der Waals surface area contributed by atoms with Gasteiger partial charge in [-0.25, -0.2) is 19.3 Å². The van der Waals surface area contributed by atoms with Gasteiger partial charge >= 0.3 is 5.69 Å². The number of hydrogen-bond acceptors (Lipinski definition) is 5. The number of H-pyrrole nitrogens is 1. The molecular weight excluding hydrogens is 234 g/mol. The van der Waals surface area contributed by atoms with Crippen LogP contribution in [0, 0.1) is 5.92 Å². The molecule has 1 aliphatic heterocycles. The van der Waals surface area contributed by atoms with E-state index < -0.39 is 0 Å². The van der Waals surface area contributed by atoms with E-state index in [1.54, 1.807) is 6.07 Å². The predicted molar refractivity (Wildman–Crippen MR) is 65.6 cm³/mol. The van der Waals surface area contributed by atoms with Crippen LogP contribution in [0.2, 0.25) is 0 Å². The van der Waals surface area contributed by atoms with E-state index in [4.69, 9.17) is 4.74 Å². The Morgan fingerprint density at radius 3 is 3.39 bits per heavy atom. The molecule has 7 nitrogen and oxygen atoms in total. The molecule has 96 valence electrons. The van der Waals surface area contributed by atoms with Gasteiger partial charge in [-0.15, -0.1) is 0 Å². The molecule has 2 N–H and O–H groups in total. The highest BCUT2D eigenvalue weighted by molar-refractivity contribution is 5.48. The third kappa shape index (κ3) is 2.21. The number of fused-ring (bicyclic) bond motifs is 1. The van der Waals surface area contributed by atoms with Crippen molar-refractivity contribution in [2.45, 2.75) is 12.8 Å². The summed E-state index contributed by atoms with van der Waals surface area (Å²) in [6, 6.07) is 1.75. The summed E-state index contributed by atoms with van der Waals surface area (Å²) in [7, 11) is 0. The number of aromatic nitrogens is 4. The van der Waals surface area contributed by atoms with Gasteiger partial charge in [0.2, 0.25) is 0 Å². The Labute approximate surface area is 103 Å². The minimum absolute atomic E-state index is 0.273. The number of nitrogens with zero attached hydrogens (tertiary/aromatic N) is 3. The summed E-state index contributed by atoms with van der Waals surface area (Å²) in [6.07, 6.45) is 3.77. The van der Waals surface area contributed by atoms with Crippen LogP contribution in [-0.2, 0) is 4.74 Å². The van der Waals surface area contributed by atoms with Crippen LogP contribution in [0.15, 0.2) is 17.2 Å². The topological polar surface area (TPSA) is 84.3 Å². The number of aromatic amines is 1. The Morgan fingerprint density at radius 1 is 1.61 bits per heavy atom. The third-order valence-corrected chi connectivity index (χ3v) is 3.14. The number of ether oxygens (including phenoxy) is 1. The first kappa shape index (κ1) is 11.2. The molecule has 0 radical (unpaired) electrons. The van der Waals surface area contributed by atoms with Crippen molar-refractivity contribution in [3.05, 3.63) is 22.9 Å². The summed E-state index contributed by atoms with van der Waals surface area (Å²) < 4.78 is 6.79. The van der Waals surface area contributed by atoms with Crippen LogP contribution >= 0.6 is 0 Å². The monoisotopic (exact) mass is 249 g/mol. The van der Waals surface area contributed by atoms with Gasteiger partial charge in [0.05, 0.1) is 6.61 Å².